The summed E-state index contributed by atoms with van der Waals surface area (Å²) in [5.41, 5.74) is 0.530. The maximum atomic E-state index is 3.53. The van der Waals surface area contributed by atoms with Crippen LogP contribution in [0.2, 0.25) is 0 Å². The molecule has 0 aromatic carbocycles. The van der Waals surface area contributed by atoms with Crippen LogP contribution in [-0.4, -0.2) is 61.7 Å². The van der Waals surface area contributed by atoms with Crippen molar-refractivity contribution in [3.8, 4) is 0 Å². The van der Waals surface area contributed by atoms with Gasteiger partial charge in [0.2, 0.25) is 0 Å². The molecule has 3 heteroatoms. The van der Waals surface area contributed by atoms with Gasteiger partial charge in [0.25, 0.3) is 0 Å². The molecular formula is C17H33N3. The Morgan fingerprint density at radius 3 is 2.35 bits per heavy atom. The monoisotopic (exact) mass is 279 g/mol. The molecule has 1 aliphatic carbocycles. The molecular weight excluding hydrogens is 246 g/mol. The molecule has 1 saturated carbocycles. The van der Waals surface area contributed by atoms with E-state index in [0.29, 0.717) is 5.41 Å². The summed E-state index contributed by atoms with van der Waals surface area (Å²) in [6.07, 6.45) is 7.16. The Hall–Kier alpha value is -0.120. The van der Waals surface area contributed by atoms with E-state index in [4.69, 9.17) is 0 Å². The molecule has 3 nitrogen and oxygen atoms in total. The first-order valence-electron chi connectivity index (χ1n) is 8.82. The standard InChI is InChI=1S/C17H33N3/c1-15-3-5-16(6-4-15)20-11-9-19(10-12-20)14-17(2)7-8-18-13-17/h15-16,18H,3-14H2,1-2H3. The lowest BCUT2D eigenvalue weighted by atomic mass is 9.86. The summed E-state index contributed by atoms with van der Waals surface area (Å²) >= 11 is 0. The summed E-state index contributed by atoms with van der Waals surface area (Å²) in [6.45, 7) is 13.8. The highest BCUT2D eigenvalue weighted by Crippen LogP contribution is 2.29. The van der Waals surface area contributed by atoms with Crippen molar-refractivity contribution in [2.75, 3.05) is 45.8 Å². The Morgan fingerprint density at radius 2 is 1.75 bits per heavy atom. The fourth-order valence-electron chi connectivity index (χ4n) is 4.44. The van der Waals surface area contributed by atoms with Crippen LogP contribution in [-0.2, 0) is 0 Å². The van der Waals surface area contributed by atoms with Gasteiger partial charge in [0.05, 0.1) is 0 Å². The largest absolute Gasteiger partial charge is 0.316 e. The molecule has 0 aromatic heterocycles. The number of hydrogen-bond donors (Lipinski definition) is 1. The van der Waals surface area contributed by atoms with E-state index >= 15 is 0 Å². The van der Waals surface area contributed by atoms with Gasteiger partial charge in [-0.25, -0.2) is 0 Å². The first-order chi connectivity index (χ1) is 9.65. The van der Waals surface area contributed by atoms with Crippen LogP contribution in [0.15, 0.2) is 0 Å². The second-order valence-electron chi connectivity index (χ2n) is 7.96. The predicted molar refractivity (Wildman–Crippen MR) is 85.0 cm³/mol. The molecule has 2 saturated heterocycles. The van der Waals surface area contributed by atoms with E-state index in [1.54, 1.807) is 0 Å². The van der Waals surface area contributed by atoms with Gasteiger partial charge in [-0.3, -0.25) is 4.90 Å². The van der Waals surface area contributed by atoms with Crippen LogP contribution in [0.4, 0.5) is 0 Å². The molecule has 2 aliphatic heterocycles. The van der Waals surface area contributed by atoms with Crippen LogP contribution < -0.4 is 5.32 Å². The minimum Gasteiger partial charge on any atom is -0.316 e. The number of hydrogen-bond acceptors (Lipinski definition) is 3. The normalized spacial score (nSPS) is 41.1. The highest BCUT2D eigenvalue weighted by atomic mass is 15.3. The van der Waals surface area contributed by atoms with Gasteiger partial charge in [-0.15, -0.1) is 0 Å². The SMILES string of the molecule is CC1CCC(N2CCN(CC3(C)CCNC3)CC2)CC1. The van der Waals surface area contributed by atoms with Crippen LogP contribution >= 0.6 is 0 Å². The smallest absolute Gasteiger partial charge is 0.0113 e. The number of piperazine rings is 1. The fraction of sp³-hybridized carbons (Fsp3) is 1.00. The van der Waals surface area contributed by atoms with Gasteiger partial charge in [-0.05, 0) is 50.0 Å². The van der Waals surface area contributed by atoms with Gasteiger partial charge in [-0.1, -0.05) is 13.8 Å². The number of rotatable bonds is 3. The number of nitrogens with zero attached hydrogens (tertiary/aromatic N) is 2. The van der Waals surface area contributed by atoms with Gasteiger partial charge in [0, 0.05) is 45.3 Å². The highest BCUT2D eigenvalue weighted by molar-refractivity contribution is 4.89. The maximum Gasteiger partial charge on any atom is 0.0113 e. The van der Waals surface area contributed by atoms with Crippen molar-refractivity contribution in [2.24, 2.45) is 11.3 Å². The van der Waals surface area contributed by atoms with Crippen molar-refractivity contribution >= 4 is 0 Å². The average Bonchev–Trinajstić information content (AvgIpc) is 2.87. The van der Waals surface area contributed by atoms with E-state index < -0.39 is 0 Å². The Labute approximate surface area is 125 Å². The molecule has 116 valence electrons. The Morgan fingerprint density at radius 1 is 1.05 bits per heavy atom. The molecule has 1 N–H and O–H groups in total. The van der Waals surface area contributed by atoms with E-state index in [2.05, 4.69) is 29.0 Å². The number of nitrogens with one attached hydrogen (secondary N) is 1. The van der Waals surface area contributed by atoms with Crippen molar-refractivity contribution in [1.82, 2.24) is 15.1 Å². The first kappa shape index (κ1) is 14.8. The zero-order chi connectivity index (χ0) is 14.0. The zero-order valence-corrected chi connectivity index (χ0v) is 13.5. The lowest BCUT2D eigenvalue weighted by Crippen LogP contribution is -2.53. The van der Waals surface area contributed by atoms with Gasteiger partial charge >= 0.3 is 0 Å². The lowest BCUT2D eigenvalue weighted by molar-refractivity contribution is 0.0547. The minimum atomic E-state index is 0.530. The molecule has 0 bridgehead atoms. The van der Waals surface area contributed by atoms with Gasteiger partial charge < -0.3 is 10.2 Å². The van der Waals surface area contributed by atoms with Crippen LogP contribution in [0.3, 0.4) is 0 Å². The predicted octanol–water partition coefficient (Wildman–Crippen LogP) is 2.18. The Bertz CT molecular complexity index is 295. The van der Waals surface area contributed by atoms with Crippen LogP contribution in [0.1, 0.15) is 46.0 Å². The maximum absolute atomic E-state index is 3.53. The Balaban J connectivity index is 1.42. The zero-order valence-electron chi connectivity index (χ0n) is 13.5. The van der Waals surface area contributed by atoms with Crippen LogP contribution in [0.5, 0.6) is 0 Å². The van der Waals surface area contributed by atoms with Crippen LogP contribution in [0, 0.1) is 11.3 Å². The molecule has 20 heavy (non-hydrogen) atoms. The lowest BCUT2D eigenvalue weighted by Gasteiger charge is -2.43. The third-order valence-corrected chi connectivity index (χ3v) is 5.97. The molecule has 0 aromatic rings. The van der Waals surface area contributed by atoms with Crippen molar-refractivity contribution in [3.63, 3.8) is 0 Å². The second kappa shape index (κ2) is 6.33. The van der Waals surface area contributed by atoms with E-state index in [9.17, 15) is 0 Å². The van der Waals surface area contributed by atoms with Crippen molar-refractivity contribution in [3.05, 3.63) is 0 Å². The molecule has 0 radical (unpaired) electrons. The third kappa shape index (κ3) is 3.55. The Kier molecular flexibility index (Phi) is 4.68. The van der Waals surface area contributed by atoms with E-state index in [0.717, 1.165) is 12.0 Å². The minimum absolute atomic E-state index is 0.530. The van der Waals surface area contributed by atoms with Crippen molar-refractivity contribution < 1.29 is 0 Å². The third-order valence-electron chi connectivity index (χ3n) is 5.97. The fourth-order valence-corrected chi connectivity index (χ4v) is 4.44. The topological polar surface area (TPSA) is 18.5 Å². The summed E-state index contributed by atoms with van der Waals surface area (Å²) in [7, 11) is 0. The molecule has 0 amide bonds. The van der Waals surface area contributed by atoms with E-state index in [1.807, 2.05) is 0 Å². The average molecular weight is 279 g/mol. The van der Waals surface area contributed by atoms with Crippen LogP contribution in [0.25, 0.3) is 0 Å². The van der Waals surface area contributed by atoms with Crippen molar-refractivity contribution in [2.45, 2.75) is 52.0 Å². The van der Waals surface area contributed by atoms with Gasteiger partial charge in [0.1, 0.15) is 0 Å². The quantitative estimate of drug-likeness (QED) is 0.854. The molecule has 2 heterocycles. The van der Waals surface area contributed by atoms with Crippen molar-refractivity contribution in [1.29, 1.82) is 0 Å². The summed E-state index contributed by atoms with van der Waals surface area (Å²) in [5, 5.41) is 3.53. The molecule has 3 fully saturated rings. The second-order valence-corrected chi connectivity index (χ2v) is 7.96. The van der Waals surface area contributed by atoms with E-state index in [-0.39, 0.29) is 0 Å². The van der Waals surface area contributed by atoms with Gasteiger partial charge in [0.15, 0.2) is 0 Å². The molecule has 3 rings (SSSR count). The molecule has 0 spiro atoms. The molecule has 3 aliphatic rings. The summed E-state index contributed by atoms with van der Waals surface area (Å²) < 4.78 is 0. The highest BCUT2D eigenvalue weighted by Gasteiger charge is 2.33. The van der Waals surface area contributed by atoms with E-state index in [1.165, 1.54) is 77.9 Å². The molecule has 1 atom stereocenters. The summed E-state index contributed by atoms with van der Waals surface area (Å²) in [5.74, 6) is 0.974. The summed E-state index contributed by atoms with van der Waals surface area (Å²) in [6, 6.07) is 0.900. The summed E-state index contributed by atoms with van der Waals surface area (Å²) in [4.78, 5) is 5.51. The first-order valence-corrected chi connectivity index (χ1v) is 8.82. The van der Waals surface area contributed by atoms with Gasteiger partial charge in [-0.2, -0.15) is 0 Å². The molecule has 1 unspecified atom stereocenters.